The number of hydrogen-bond donors (Lipinski definition) is 2. The summed E-state index contributed by atoms with van der Waals surface area (Å²) in [6.07, 6.45) is -1.05. The number of rotatable bonds is 4. The lowest BCUT2D eigenvalue weighted by Crippen LogP contribution is -2.13. The van der Waals surface area contributed by atoms with Crippen LogP contribution in [0, 0.1) is 11.6 Å². The highest BCUT2D eigenvalue weighted by Gasteiger charge is 2.13. The van der Waals surface area contributed by atoms with E-state index in [4.69, 9.17) is 34.8 Å². The third kappa shape index (κ3) is 3.98. The van der Waals surface area contributed by atoms with Crippen LogP contribution in [0.1, 0.15) is 11.7 Å². The van der Waals surface area contributed by atoms with E-state index in [0.717, 1.165) is 12.1 Å². The quantitative estimate of drug-likeness (QED) is 0.805. The summed E-state index contributed by atoms with van der Waals surface area (Å²) in [7, 11) is 0. The average molecular weight is 353 g/mol. The second-order valence-corrected chi connectivity index (χ2v) is 5.57. The standard InChI is InChI=1S/C14H10Cl3F2NO/c15-8-4-9(16)14(10(17)5-8)20-6-13(21)7-1-2-11(18)12(19)3-7/h1-5,13,20-21H,6H2. The maximum Gasteiger partial charge on any atom is 0.159 e. The van der Waals surface area contributed by atoms with Crippen LogP contribution in [0.2, 0.25) is 15.1 Å². The zero-order chi connectivity index (χ0) is 15.6. The minimum atomic E-state index is -1.05. The molecule has 2 aromatic carbocycles. The van der Waals surface area contributed by atoms with Crippen LogP contribution >= 0.6 is 34.8 Å². The van der Waals surface area contributed by atoms with Crippen LogP contribution in [0.4, 0.5) is 14.5 Å². The molecular formula is C14H10Cl3F2NO. The number of nitrogens with one attached hydrogen (secondary N) is 1. The van der Waals surface area contributed by atoms with Gasteiger partial charge in [0.15, 0.2) is 11.6 Å². The lowest BCUT2D eigenvalue weighted by Gasteiger charge is -2.15. The highest BCUT2D eigenvalue weighted by atomic mass is 35.5. The summed E-state index contributed by atoms with van der Waals surface area (Å²) in [5, 5.41) is 13.8. The summed E-state index contributed by atoms with van der Waals surface area (Å²) < 4.78 is 25.9. The maximum absolute atomic E-state index is 13.1. The molecule has 7 heteroatoms. The first-order valence-corrected chi connectivity index (χ1v) is 7.03. The number of aliphatic hydroxyl groups excluding tert-OH is 1. The first-order chi connectivity index (χ1) is 9.88. The Labute approximate surface area is 135 Å². The number of aliphatic hydroxyl groups is 1. The molecule has 0 amide bonds. The van der Waals surface area contributed by atoms with E-state index < -0.39 is 17.7 Å². The molecule has 0 fully saturated rings. The zero-order valence-electron chi connectivity index (χ0n) is 10.5. The second-order valence-electron chi connectivity index (χ2n) is 4.31. The van der Waals surface area contributed by atoms with E-state index in [-0.39, 0.29) is 12.1 Å². The van der Waals surface area contributed by atoms with Gasteiger partial charge in [0.05, 0.1) is 21.8 Å². The zero-order valence-corrected chi connectivity index (χ0v) is 12.8. The minimum absolute atomic E-state index is 0.0200. The predicted molar refractivity (Wildman–Crippen MR) is 81.3 cm³/mol. The van der Waals surface area contributed by atoms with E-state index in [9.17, 15) is 13.9 Å². The van der Waals surface area contributed by atoms with E-state index in [0.29, 0.717) is 20.8 Å². The first-order valence-electron chi connectivity index (χ1n) is 5.90. The molecule has 2 rings (SSSR count). The molecule has 0 aromatic heterocycles. The van der Waals surface area contributed by atoms with Crippen molar-refractivity contribution >= 4 is 40.5 Å². The van der Waals surface area contributed by atoms with Crippen molar-refractivity contribution in [2.24, 2.45) is 0 Å². The fourth-order valence-corrected chi connectivity index (χ4v) is 2.70. The molecule has 2 N–H and O–H groups in total. The Morgan fingerprint density at radius 1 is 1.00 bits per heavy atom. The van der Waals surface area contributed by atoms with Crippen molar-refractivity contribution in [2.75, 3.05) is 11.9 Å². The minimum Gasteiger partial charge on any atom is -0.387 e. The van der Waals surface area contributed by atoms with Crippen molar-refractivity contribution in [3.63, 3.8) is 0 Å². The van der Waals surface area contributed by atoms with E-state index in [1.54, 1.807) is 0 Å². The second kappa shape index (κ2) is 6.79. The highest BCUT2D eigenvalue weighted by molar-refractivity contribution is 6.41. The summed E-state index contributed by atoms with van der Waals surface area (Å²) in [5.41, 5.74) is 0.645. The summed E-state index contributed by atoms with van der Waals surface area (Å²) in [5.74, 6) is -1.99. The summed E-state index contributed by atoms with van der Waals surface area (Å²) in [6, 6.07) is 6.20. The molecule has 2 nitrogen and oxygen atoms in total. The molecule has 0 aliphatic heterocycles. The number of benzene rings is 2. The van der Waals surface area contributed by atoms with Gasteiger partial charge in [-0.2, -0.15) is 0 Å². The van der Waals surface area contributed by atoms with Crippen molar-refractivity contribution in [1.82, 2.24) is 0 Å². The van der Waals surface area contributed by atoms with E-state index >= 15 is 0 Å². The predicted octanol–water partition coefficient (Wildman–Crippen LogP) is 5.07. The third-order valence-electron chi connectivity index (χ3n) is 2.81. The van der Waals surface area contributed by atoms with Crippen LogP contribution in [0.5, 0.6) is 0 Å². The van der Waals surface area contributed by atoms with Gasteiger partial charge in [-0.05, 0) is 29.8 Å². The lowest BCUT2D eigenvalue weighted by atomic mass is 10.1. The monoisotopic (exact) mass is 351 g/mol. The summed E-state index contributed by atoms with van der Waals surface area (Å²) in [6.45, 7) is 0.0200. The topological polar surface area (TPSA) is 32.3 Å². The highest BCUT2D eigenvalue weighted by Crippen LogP contribution is 2.34. The van der Waals surface area contributed by atoms with Gasteiger partial charge in [-0.1, -0.05) is 40.9 Å². The van der Waals surface area contributed by atoms with Crippen LogP contribution in [-0.4, -0.2) is 11.7 Å². The van der Waals surface area contributed by atoms with E-state index in [2.05, 4.69) is 5.32 Å². The molecule has 0 aliphatic rings. The Balaban J connectivity index is 2.11. The fraction of sp³-hybridized carbons (Fsp3) is 0.143. The third-order valence-corrected chi connectivity index (χ3v) is 3.62. The van der Waals surface area contributed by atoms with Gasteiger partial charge >= 0.3 is 0 Å². The van der Waals surface area contributed by atoms with Gasteiger partial charge in [0, 0.05) is 11.6 Å². The fourth-order valence-electron chi connectivity index (χ4n) is 1.75. The molecule has 1 unspecified atom stereocenters. The van der Waals surface area contributed by atoms with Gasteiger partial charge in [0.25, 0.3) is 0 Å². The Bertz CT molecular complexity index is 644. The van der Waals surface area contributed by atoms with Crippen LogP contribution in [-0.2, 0) is 0 Å². The molecule has 0 saturated carbocycles. The SMILES string of the molecule is OC(CNc1c(Cl)cc(Cl)cc1Cl)c1ccc(F)c(F)c1. The van der Waals surface area contributed by atoms with Crippen molar-refractivity contribution in [2.45, 2.75) is 6.10 Å². The van der Waals surface area contributed by atoms with Gasteiger partial charge in [-0.3, -0.25) is 0 Å². The van der Waals surface area contributed by atoms with E-state index in [1.165, 1.54) is 18.2 Å². The average Bonchev–Trinajstić information content (AvgIpc) is 2.40. The van der Waals surface area contributed by atoms with Crippen molar-refractivity contribution in [1.29, 1.82) is 0 Å². The molecular weight excluding hydrogens is 343 g/mol. The van der Waals surface area contributed by atoms with E-state index in [1.807, 2.05) is 0 Å². The number of anilines is 1. The Kier molecular flexibility index (Phi) is 5.27. The molecule has 0 radical (unpaired) electrons. The molecule has 112 valence electrons. The molecule has 0 spiro atoms. The Morgan fingerprint density at radius 2 is 1.62 bits per heavy atom. The summed E-state index contributed by atoms with van der Waals surface area (Å²) in [4.78, 5) is 0. The smallest absolute Gasteiger partial charge is 0.159 e. The molecule has 2 aromatic rings. The number of hydrogen-bond acceptors (Lipinski definition) is 2. The molecule has 0 saturated heterocycles. The molecule has 0 bridgehead atoms. The summed E-state index contributed by atoms with van der Waals surface area (Å²) >= 11 is 17.8. The maximum atomic E-state index is 13.1. The van der Waals surface area contributed by atoms with Gasteiger partial charge in [0.1, 0.15) is 0 Å². The van der Waals surface area contributed by atoms with Gasteiger partial charge < -0.3 is 10.4 Å². The molecule has 0 heterocycles. The normalized spacial score (nSPS) is 12.3. The largest absolute Gasteiger partial charge is 0.387 e. The van der Waals surface area contributed by atoms with Crippen LogP contribution in [0.15, 0.2) is 30.3 Å². The molecule has 0 aliphatic carbocycles. The van der Waals surface area contributed by atoms with Crippen LogP contribution < -0.4 is 5.32 Å². The Morgan fingerprint density at radius 3 is 2.19 bits per heavy atom. The number of halogens is 5. The van der Waals surface area contributed by atoms with Gasteiger partial charge in [-0.15, -0.1) is 0 Å². The van der Waals surface area contributed by atoms with Crippen molar-refractivity contribution < 1.29 is 13.9 Å². The Hall–Kier alpha value is -1.07. The van der Waals surface area contributed by atoms with Gasteiger partial charge in [0.2, 0.25) is 0 Å². The van der Waals surface area contributed by atoms with Crippen LogP contribution in [0.3, 0.4) is 0 Å². The molecule has 21 heavy (non-hydrogen) atoms. The van der Waals surface area contributed by atoms with Crippen molar-refractivity contribution in [3.8, 4) is 0 Å². The molecule has 1 atom stereocenters. The lowest BCUT2D eigenvalue weighted by molar-refractivity contribution is 0.191. The van der Waals surface area contributed by atoms with Gasteiger partial charge in [-0.25, -0.2) is 8.78 Å². The first kappa shape index (κ1) is 16.3. The van der Waals surface area contributed by atoms with Crippen LogP contribution in [0.25, 0.3) is 0 Å². The van der Waals surface area contributed by atoms with Crippen molar-refractivity contribution in [3.05, 3.63) is 62.6 Å².